The molecular formula is C19H21N3OS. The van der Waals surface area contributed by atoms with Crippen LogP contribution >= 0.6 is 11.3 Å². The molecule has 1 saturated carbocycles. The maximum Gasteiger partial charge on any atom is 0.220 e. The van der Waals surface area contributed by atoms with Gasteiger partial charge in [0.2, 0.25) is 5.91 Å². The largest absolute Gasteiger partial charge is 0.353 e. The number of nitrogens with zero attached hydrogens (tertiary/aromatic N) is 2. The molecule has 0 aliphatic heterocycles. The number of rotatable bonds is 5. The Hall–Kier alpha value is -2.14. The van der Waals surface area contributed by atoms with Crippen molar-refractivity contribution in [3.8, 4) is 0 Å². The van der Waals surface area contributed by atoms with Crippen molar-refractivity contribution in [1.29, 1.82) is 0 Å². The molecule has 2 aromatic heterocycles. The number of carbonyl (C=O) groups is 1. The normalized spacial score (nSPS) is 19.6. The van der Waals surface area contributed by atoms with E-state index >= 15 is 0 Å². The zero-order chi connectivity index (χ0) is 16.7. The zero-order valence-corrected chi connectivity index (χ0v) is 14.8. The van der Waals surface area contributed by atoms with E-state index in [2.05, 4.69) is 51.3 Å². The minimum atomic E-state index is 0.146. The van der Waals surface area contributed by atoms with Crippen LogP contribution in [-0.2, 0) is 11.2 Å². The van der Waals surface area contributed by atoms with Crippen molar-refractivity contribution >= 4 is 22.2 Å². The third-order valence-corrected chi connectivity index (χ3v) is 5.63. The van der Waals surface area contributed by atoms with Crippen molar-refractivity contribution in [1.82, 2.24) is 14.7 Å². The topological polar surface area (TPSA) is 46.4 Å². The maximum absolute atomic E-state index is 12.3. The Morgan fingerprint density at radius 2 is 2.21 bits per heavy atom. The summed E-state index contributed by atoms with van der Waals surface area (Å²) in [6.07, 6.45) is 4.37. The first-order valence-corrected chi connectivity index (χ1v) is 9.27. The number of aromatic nitrogens is 2. The minimum Gasteiger partial charge on any atom is -0.353 e. The highest BCUT2D eigenvalue weighted by atomic mass is 32.1. The van der Waals surface area contributed by atoms with Crippen LogP contribution in [-0.4, -0.2) is 21.3 Å². The van der Waals surface area contributed by atoms with E-state index in [1.54, 1.807) is 11.3 Å². The van der Waals surface area contributed by atoms with Gasteiger partial charge in [-0.2, -0.15) is 0 Å². The predicted octanol–water partition coefficient (Wildman–Crippen LogP) is 3.62. The Morgan fingerprint density at radius 1 is 1.38 bits per heavy atom. The molecule has 4 nitrogen and oxygen atoms in total. The molecule has 1 aliphatic carbocycles. The van der Waals surface area contributed by atoms with E-state index in [4.69, 9.17) is 0 Å². The first-order valence-electron chi connectivity index (χ1n) is 8.39. The lowest BCUT2D eigenvalue weighted by Crippen LogP contribution is -2.26. The summed E-state index contributed by atoms with van der Waals surface area (Å²) >= 11 is 1.63. The molecule has 0 radical (unpaired) electrons. The molecule has 1 aliphatic rings. The lowest BCUT2D eigenvalue weighted by molar-refractivity contribution is -0.121. The average molecular weight is 339 g/mol. The average Bonchev–Trinajstić information content (AvgIpc) is 3.04. The maximum atomic E-state index is 12.3. The summed E-state index contributed by atoms with van der Waals surface area (Å²) in [7, 11) is 0. The monoisotopic (exact) mass is 339 g/mol. The van der Waals surface area contributed by atoms with Gasteiger partial charge in [0.05, 0.1) is 5.69 Å². The SMILES string of the molecule is Cc1cn2c(CCC(=O)N[C@H]3C[C@@H]3c3ccccc3C)csc2n1. The summed E-state index contributed by atoms with van der Waals surface area (Å²) in [5, 5.41) is 5.28. The molecule has 1 N–H and O–H groups in total. The number of amides is 1. The van der Waals surface area contributed by atoms with Crippen molar-refractivity contribution in [3.63, 3.8) is 0 Å². The Morgan fingerprint density at radius 3 is 3.04 bits per heavy atom. The third-order valence-electron chi connectivity index (χ3n) is 4.74. The van der Waals surface area contributed by atoms with E-state index in [0.29, 0.717) is 18.4 Å². The molecule has 124 valence electrons. The fourth-order valence-electron chi connectivity index (χ4n) is 3.34. The van der Waals surface area contributed by atoms with Gasteiger partial charge in [-0.05, 0) is 37.8 Å². The van der Waals surface area contributed by atoms with E-state index in [0.717, 1.165) is 29.2 Å². The molecule has 2 heterocycles. The van der Waals surface area contributed by atoms with Crippen LogP contribution in [0, 0.1) is 13.8 Å². The second kappa shape index (κ2) is 6.06. The fraction of sp³-hybridized carbons (Fsp3) is 0.368. The van der Waals surface area contributed by atoms with Gasteiger partial charge in [-0.25, -0.2) is 4.98 Å². The van der Waals surface area contributed by atoms with E-state index in [1.165, 1.54) is 11.1 Å². The second-order valence-electron chi connectivity index (χ2n) is 6.63. The molecule has 2 atom stereocenters. The number of aryl methyl sites for hydroxylation is 3. The standard InChI is InChI=1S/C19H21N3OS/c1-12-5-3-4-6-15(12)16-9-17(16)21-18(23)8-7-14-11-24-19-20-13(2)10-22(14)19/h3-6,10-11,16-17H,7-9H2,1-2H3,(H,21,23)/t16-,17+/m1/s1. The number of hydrogen-bond donors (Lipinski definition) is 1. The molecule has 1 fully saturated rings. The van der Waals surface area contributed by atoms with Gasteiger partial charge in [0.25, 0.3) is 0 Å². The van der Waals surface area contributed by atoms with Gasteiger partial charge in [0.15, 0.2) is 4.96 Å². The van der Waals surface area contributed by atoms with E-state index < -0.39 is 0 Å². The molecule has 1 amide bonds. The zero-order valence-electron chi connectivity index (χ0n) is 14.0. The van der Waals surface area contributed by atoms with E-state index in [-0.39, 0.29) is 5.91 Å². The van der Waals surface area contributed by atoms with Crippen LogP contribution < -0.4 is 5.32 Å². The van der Waals surface area contributed by atoms with Crippen molar-refractivity contribution in [3.05, 3.63) is 58.4 Å². The number of fused-ring (bicyclic) bond motifs is 1. The molecule has 0 spiro atoms. The van der Waals surface area contributed by atoms with Gasteiger partial charge in [0.1, 0.15) is 0 Å². The number of benzene rings is 1. The van der Waals surface area contributed by atoms with Crippen molar-refractivity contribution < 1.29 is 4.79 Å². The molecule has 0 unspecified atom stereocenters. The van der Waals surface area contributed by atoms with Gasteiger partial charge in [-0.15, -0.1) is 11.3 Å². The number of imidazole rings is 1. The number of hydrogen-bond acceptors (Lipinski definition) is 3. The van der Waals surface area contributed by atoms with Crippen LogP contribution in [0.3, 0.4) is 0 Å². The van der Waals surface area contributed by atoms with Gasteiger partial charge < -0.3 is 5.32 Å². The van der Waals surface area contributed by atoms with Crippen LogP contribution in [0.4, 0.5) is 0 Å². The quantitative estimate of drug-likeness (QED) is 0.772. The van der Waals surface area contributed by atoms with Crippen LogP contribution in [0.1, 0.15) is 41.3 Å². The highest BCUT2D eigenvalue weighted by molar-refractivity contribution is 7.15. The highest BCUT2D eigenvalue weighted by Crippen LogP contribution is 2.42. The summed E-state index contributed by atoms with van der Waals surface area (Å²) in [5.74, 6) is 0.631. The Labute approximate surface area is 145 Å². The molecule has 1 aromatic carbocycles. The lowest BCUT2D eigenvalue weighted by atomic mass is 10.0. The Kier molecular flexibility index (Phi) is 3.88. The number of carbonyl (C=O) groups excluding carboxylic acids is 1. The molecule has 5 heteroatoms. The van der Waals surface area contributed by atoms with Crippen molar-refractivity contribution in [2.24, 2.45) is 0 Å². The van der Waals surface area contributed by atoms with Gasteiger partial charge in [0, 0.05) is 35.7 Å². The van der Waals surface area contributed by atoms with E-state index in [9.17, 15) is 4.79 Å². The number of nitrogens with one attached hydrogen (secondary N) is 1. The molecule has 3 aromatic rings. The first-order chi connectivity index (χ1) is 11.6. The summed E-state index contributed by atoms with van der Waals surface area (Å²) in [4.78, 5) is 17.7. The lowest BCUT2D eigenvalue weighted by Gasteiger charge is -2.07. The Bertz CT molecular complexity index is 895. The summed E-state index contributed by atoms with van der Waals surface area (Å²) < 4.78 is 2.10. The summed E-state index contributed by atoms with van der Waals surface area (Å²) in [6.45, 7) is 4.14. The summed E-state index contributed by atoms with van der Waals surface area (Å²) in [6, 6.07) is 8.76. The Balaban J connectivity index is 1.32. The fourth-order valence-corrected chi connectivity index (χ4v) is 4.30. The van der Waals surface area contributed by atoms with Gasteiger partial charge in [-0.1, -0.05) is 24.3 Å². The predicted molar refractivity (Wildman–Crippen MR) is 96.6 cm³/mol. The van der Waals surface area contributed by atoms with Crippen molar-refractivity contribution in [2.75, 3.05) is 0 Å². The smallest absolute Gasteiger partial charge is 0.220 e. The summed E-state index contributed by atoms with van der Waals surface area (Å²) in [5.41, 5.74) is 4.87. The molecular weight excluding hydrogens is 318 g/mol. The number of thiazole rings is 1. The van der Waals surface area contributed by atoms with Crippen LogP contribution in [0.2, 0.25) is 0 Å². The minimum absolute atomic E-state index is 0.146. The third kappa shape index (κ3) is 2.96. The molecule has 4 rings (SSSR count). The van der Waals surface area contributed by atoms with Gasteiger partial charge in [-0.3, -0.25) is 9.20 Å². The van der Waals surface area contributed by atoms with Crippen LogP contribution in [0.5, 0.6) is 0 Å². The molecule has 24 heavy (non-hydrogen) atoms. The first kappa shape index (κ1) is 15.4. The van der Waals surface area contributed by atoms with Gasteiger partial charge >= 0.3 is 0 Å². The van der Waals surface area contributed by atoms with Crippen LogP contribution in [0.25, 0.3) is 4.96 Å². The molecule has 0 saturated heterocycles. The second-order valence-corrected chi connectivity index (χ2v) is 7.47. The molecule has 0 bridgehead atoms. The highest BCUT2D eigenvalue weighted by Gasteiger charge is 2.39. The van der Waals surface area contributed by atoms with Crippen LogP contribution in [0.15, 0.2) is 35.8 Å². The van der Waals surface area contributed by atoms with Crippen molar-refractivity contribution in [2.45, 2.75) is 45.1 Å². The van der Waals surface area contributed by atoms with E-state index in [1.807, 2.05) is 13.1 Å².